The summed E-state index contributed by atoms with van der Waals surface area (Å²) in [6.07, 6.45) is 2.92. The summed E-state index contributed by atoms with van der Waals surface area (Å²) >= 11 is 0. The predicted octanol–water partition coefficient (Wildman–Crippen LogP) is 2.16. The molecule has 6 nitrogen and oxygen atoms in total. The van der Waals surface area contributed by atoms with E-state index in [4.69, 9.17) is 0 Å². The Labute approximate surface area is 117 Å². The Kier molecular flexibility index (Phi) is 4.68. The first-order chi connectivity index (χ1) is 9.60. The summed E-state index contributed by atoms with van der Waals surface area (Å²) in [5.74, 6) is 0.499. The Morgan fingerprint density at radius 3 is 3.00 bits per heavy atom. The quantitative estimate of drug-likeness (QED) is 0.507. The van der Waals surface area contributed by atoms with Crippen LogP contribution in [0.15, 0.2) is 18.2 Å². The Morgan fingerprint density at radius 1 is 1.55 bits per heavy atom. The first-order valence-electron chi connectivity index (χ1n) is 6.76. The number of nitrogens with one attached hydrogen (secondary N) is 1. The van der Waals surface area contributed by atoms with Crippen molar-refractivity contribution in [3.63, 3.8) is 0 Å². The van der Waals surface area contributed by atoms with Crippen LogP contribution in [0.25, 0.3) is 0 Å². The number of carbonyl (C=O) groups excluding carboxylic acids is 1. The summed E-state index contributed by atoms with van der Waals surface area (Å²) < 4.78 is 0. The van der Waals surface area contributed by atoms with Crippen LogP contribution in [-0.2, 0) is 0 Å². The van der Waals surface area contributed by atoms with Gasteiger partial charge in [-0.15, -0.1) is 0 Å². The van der Waals surface area contributed by atoms with Crippen LogP contribution in [0.5, 0.6) is 0 Å². The van der Waals surface area contributed by atoms with Crippen molar-refractivity contribution in [3.8, 4) is 0 Å². The molecule has 0 amide bonds. The van der Waals surface area contributed by atoms with Crippen molar-refractivity contribution in [2.24, 2.45) is 5.92 Å². The van der Waals surface area contributed by atoms with E-state index in [0.29, 0.717) is 30.0 Å². The lowest BCUT2D eigenvalue weighted by atomic mass is 9.98. The number of piperidine rings is 1. The summed E-state index contributed by atoms with van der Waals surface area (Å²) in [6, 6.07) is 4.51. The van der Waals surface area contributed by atoms with Crippen LogP contribution in [0.2, 0.25) is 0 Å². The SMILES string of the molecule is CN1CCCC(CNc2ccc(C=O)cc2[N+](=O)[O-])C1. The van der Waals surface area contributed by atoms with E-state index in [9.17, 15) is 14.9 Å². The number of rotatable bonds is 5. The number of likely N-dealkylation sites (tertiary alicyclic amines) is 1. The normalized spacial score (nSPS) is 19.6. The highest BCUT2D eigenvalue weighted by Crippen LogP contribution is 2.26. The van der Waals surface area contributed by atoms with Crippen LogP contribution in [0.4, 0.5) is 11.4 Å². The lowest BCUT2D eigenvalue weighted by Gasteiger charge is -2.29. The topological polar surface area (TPSA) is 75.5 Å². The molecule has 1 heterocycles. The molecule has 0 bridgehead atoms. The maximum absolute atomic E-state index is 11.0. The maximum Gasteiger partial charge on any atom is 0.293 e. The van der Waals surface area contributed by atoms with Gasteiger partial charge in [0.2, 0.25) is 0 Å². The van der Waals surface area contributed by atoms with Gasteiger partial charge in [-0.1, -0.05) is 0 Å². The zero-order valence-electron chi connectivity index (χ0n) is 11.5. The molecule has 1 unspecified atom stereocenters. The third-order valence-electron chi connectivity index (χ3n) is 3.66. The summed E-state index contributed by atoms with van der Waals surface area (Å²) in [7, 11) is 2.09. The average molecular weight is 277 g/mol. The van der Waals surface area contributed by atoms with E-state index in [1.165, 1.54) is 6.07 Å². The molecule has 108 valence electrons. The van der Waals surface area contributed by atoms with Crippen LogP contribution in [0, 0.1) is 16.0 Å². The Morgan fingerprint density at radius 2 is 2.35 bits per heavy atom. The third kappa shape index (κ3) is 3.54. The summed E-state index contributed by atoms with van der Waals surface area (Å²) in [5.41, 5.74) is 0.757. The minimum atomic E-state index is -0.456. The van der Waals surface area contributed by atoms with E-state index in [-0.39, 0.29) is 5.69 Å². The molecule has 1 atom stereocenters. The zero-order chi connectivity index (χ0) is 14.5. The lowest BCUT2D eigenvalue weighted by Crippen LogP contribution is -2.35. The molecule has 1 aromatic rings. The molecule has 1 aliphatic heterocycles. The molecule has 1 saturated heterocycles. The summed E-state index contributed by atoms with van der Waals surface area (Å²) in [5, 5.41) is 14.2. The minimum Gasteiger partial charge on any atom is -0.379 e. The molecule has 0 aliphatic carbocycles. The Balaban J connectivity index is 2.05. The molecule has 2 rings (SSSR count). The van der Waals surface area contributed by atoms with Crippen molar-refractivity contribution in [3.05, 3.63) is 33.9 Å². The molecule has 0 aromatic heterocycles. The minimum absolute atomic E-state index is 0.0428. The van der Waals surface area contributed by atoms with Crippen LogP contribution in [-0.4, -0.2) is 42.8 Å². The van der Waals surface area contributed by atoms with Gasteiger partial charge in [-0.3, -0.25) is 14.9 Å². The number of anilines is 1. The second kappa shape index (κ2) is 6.47. The van der Waals surface area contributed by atoms with Gasteiger partial charge < -0.3 is 10.2 Å². The second-order valence-electron chi connectivity index (χ2n) is 5.30. The standard InChI is InChI=1S/C14H19N3O3/c1-16-6-2-3-12(9-16)8-15-13-5-4-11(10-18)7-14(13)17(19)20/h4-5,7,10,12,15H,2-3,6,8-9H2,1H3. The number of nitro groups is 1. The van der Waals surface area contributed by atoms with Crippen LogP contribution >= 0.6 is 0 Å². The van der Waals surface area contributed by atoms with Gasteiger partial charge in [0.1, 0.15) is 12.0 Å². The smallest absolute Gasteiger partial charge is 0.293 e. The molecular weight excluding hydrogens is 258 g/mol. The highest BCUT2D eigenvalue weighted by Gasteiger charge is 2.19. The second-order valence-corrected chi connectivity index (χ2v) is 5.30. The van der Waals surface area contributed by atoms with E-state index >= 15 is 0 Å². The Hall–Kier alpha value is -1.95. The molecule has 1 fully saturated rings. The fourth-order valence-corrected chi connectivity index (χ4v) is 2.62. The summed E-state index contributed by atoms with van der Waals surface area (Å²) in [4.78, 5) is 23.5. The number of hydrogen-bond donors (Lipinski definition) is 1. The number of nitro benzene ring substituents is 1. The number of aldehydes is 1. The van der Waals surface area contributed by atoms with E-state index in [1.54, 1.807) is 12.1 Å². The molecule has 1 N–H and O–H groups in total. The Bertz CT molecular complexity index is 504. The molecule has 20 heavy (non-hydrogen) atoms. The predicted molar refractivity (Wildman–Crippen MR) is 77.2 cm³/mol. The molecule has 0 radical (unpaired) electrons. The number of hydrogen-bond acceptors (Lipinski definition) is 5. The highest BCUT2D eigenvalue weighted by atomic mass is 16.6. The maximum atomic E-state index is 11.0. The van der Waals surface area contributed by atoms with Gasteiger partial charge in [-0.25, -0.2) is 0 Å². The number of nitrogens with zero attached hydrogens (tertiary/aromatic N) is 2. The lowest BCUT2D eigenvalue weighted by molar-refractivity contribution is -0.384. The van der Waals surface area contributed by atoms with Gasteiger partial charge in [0.15, 0.2) is 0 Å². The average Bonchev–Trinajstić information content (AvgIpc) is 2.45. The molecule has 1 aromatic carbocycles. The van der Waals surface area contributed by atoms with Gasteiger partial charge in [-0.2, -0.15) is 0 Å². The van der Waals surface area contributed by atoms with Gasteiger partial charge in [0, 0.05) is 24.7 Å². The monoisotopic (exact) mass is 277 g/mol. The van der Waals surface area contributed by atoms with Crippen molar-refractivity contribution in [1.29, 1.82) is 0 Å². The number of benzene rings is 1. The van der Waals surface area contributed by atoms with Crippen molar-refractivity contribution in [2.45, 2.75) is 12.8 Å². The van der Waals surface area contributed by atoms with E-state index in [0.717, 1.165) is 25.9 Å². The first-order valence-corrected chi connectivity index (χ1v) is 6.76. The third-order valence-corrected chi connectivity index (χ3v) is 3.66. The molecule has 0 spiro atoms. The fourth-order valence-electron chi connectivity index (χ4n) is 2.62. The number of carbonyl (C=O) groups is 1. The zero-order valence-corrected chi connectivity index (χ0v) is 11.5. The molecule has 0 saturated carbocycles. The molecule has 1 aliphatic rings. The van der Waals surface area contributed by atoms with Crippen molar-refractivity contribution < 1.29 is 9.72 Å². The first kappa shape index (κ1) is 14.5. The van der Waals surface area contributed by atoms with Crippen LogP contribution in [0.1, 0.15) is 23.2 Å². The van der Waals surface area contributed by atoms with Crippen LogP contribution < -0.4 is 5.32 Å². The summed E-state index contributed by atoms with van der Waals surface area (Å²) in [6.45, 7) is 2.84. The van der Waals surface area contributed by atoms with Crippen LogP contribution in [0.3, 0.4) is 0 Å². The molecular formula is C14H19N3O3. The van der Waals surface area contributed by atoms with Gasteiger partial charge >= 0.3 is 0 Å². The van der Waals surface area contributed by atoms with E-state index < -0.39 is 4.92 Å². The highest BCUT2D eigenvalue weighted by molar-refractivity contribution is 5.79. The van der Waals surface area contributed by atoms with Crippen molar-refractivity contribution >= 4 is 17.7 Å². The van der Waals surface area contributed by atoms with E-state index in [2.05, 4.69) is 17.3 Å². The van der Waals surface area contributed by atoms with Crippen molar-refractivity contribution in [2.75, 3.05) is 32.0 Å². The van der Waals surface area contributed by atoms with Crippen molar-refractivity contribution in [1.82, 2.24) is 4.90 Å². The largest absolute Gasteiger partial charge is 0.379 e. The van der Waals surface area contributed by atoms with E-state index in [1.807, 2.05) is 0 Å². The van der Waals surface area contributed by atoms with Gasteiger partial charge in [-0.05, 0) is 44.5 Å². The van der Waals surface area contributed by atoms with Gasteiger partial charge in [0.05, 0.1) is 4.92 Å². The fraction of sp³-hybridized carbons (Fsp3) is 0.500. The van der Waals surface area contributed by atoms with Gasteiger partial charge in [0.25, 0.3) is 5.69 Å². The molecule has 6 heteroatoms.